The smallest absolute Gasteiger partial charge is 0.349 e. The Hall–Kier alpha value is -2.12. The lowest BCUT2D eigenvalue weighted by molar-refractivity contribution is 0.0270. The molecule has 7 heteroatoms. The summed E-state index contributed by atoms with van der Waals surface area (Å²) in [5.41, 5.74) is 0.992. The van der Waals surface area contributed by atoms with Crippen molar-refractivity contribution in [3.8, 4) is 0 Å². The van der Waals surface area contributed by atoms with Gasteiger partial charge in [0.1, 0.15) is 6.33 Å². The van der Waals surface area contributed by atoms with Crippen LogP contribution in [0.15, 0.2) is 41.6 Å². The van der Waals surface area contributed by atoms with E-state index in [1.165, 1.54) is 34.9 Å². The first-order chi connectivity index (χ1) is 14.2. The van der Waals surface area contributed by atoms with Crippen molar-refractivity contribution >= 4 is 6.20 Å². The zero-order chi connectivity index (χ0) is 20.6. The van der Waals surface area contributed by atoms with Crippen LogP contribution in [-0.2, 0) is 11.3 Å². The van der Waals surface area contributed by atoms with Gasteiger partial charge in [-0.3, -0.25) is 9.47 Å². The molecule has 160 valence electrons. The maximum Gasteiger partial charge on any atom is 0.349 e. The average Bonchev–Trinajstić information content (AvgIpc) is 3.11. The third kappa shape index (κ3) is 5.48. The zero-order valence-electron chi connectivity index (χ0n) is 17.9. The van der Waals surface area contributed by atoms with E-state index in [-0.39, 0.29) is 5.69 Å². The molecule has 3 rings (SSSR count). The van der Waals surface area contributed by atoms with Crippen LogP contribution in [0.25, 0.3) is 6.20 Å². The van der Waals surface area contributed by atoms with Crippen molar-refractivity contribution in [3.05, 3.63) is 47.3 Å². The van der Waals surface area contributed by atoms with Crippen molar-refractivity contribution in [1.82, 2.24) is 24.1 Å². The van der Waals surface area contributed by atoms with Crippen LogP contribution in [0.5, 0.6) is 0 Å². The summed E-state index contributed by atoms with van der Waals surface area (Å²) in [6.07, 6.45) is 15.3. The van der Waals surface area contributed by atoms with E-state index in [1.54, 1.807) is 12.5 Å². The van der Waals surface area contributed by atoms with Crippen molar-refractivity contribution in [2.75, 3.05) is 33.3 Å². The van der Waals surface area contributed by atoms with Gasteiger partial charge < -0.3 is 9.64 Å². The van der Waals surface area contributed by atoms with Crippen molar-refractivity contribution < 1.29 is 4.74 Å². The van der Waals surface area contributed by atoms with Crippen LogP contribution in [0.3, 0.4) is 0 Å². The van der Waals surface area contributed by atoms with Gasteiger partial charge in [-0.2, -0.15) is 5.10 Å². The number of hydrogen-bond acceptors (Lipinski definition) is 5. The van der Waals surface area contributed by atoms with E-state index in [2.05, 4.69) is 21.5 Å². The molecule has 1 aromatic rings. The molecule has 0 N–H and O–H groups in total. The Morgan fingerprint density at radius 3 is 2.59 bits per heavy atom. The molecule has 0 unspecified atom stereocenters. The molecular weight excluding hydrogens is 366 g/mol. The summed E-state index contributed by atoms with van der Waals surface area (Å²) >= 11 is 0. The third-order valence-electron chi connectivity index (χ3n) is 6.09. The van der Waals surface area contributed by atoms with E-state index < -0.39 is 0 Å². The minimum absolute atomic E-state index is 0.103. The lowest BCUT2D eigenvalue weighted by Gasteiger charge is -2.42. The minimum Gasteiger partial charge on any atom is -0.381 e. The minimum atomic E-state index is -0.103. The molecule has 0 bridgehead atoms. The summed E-state index contributed by atoms with van der Waals surface area (Å²) in [5, 5.41) is 4.13. The first-order valence-electron chi connectivity index (χ1n) is 10.8. The molecule has 1 aliphatic carbocycles. The van der Waals surface area contributed by atoms with Gasteiger partial charge in [-0.15, -0.1) is 0 Å². The fourth-order valence-corrected chi connectivity index (χ4v) is 4.35. The van der Waals surface area contributed by atoms with Gasteiger partial charge in [0.25, 0.3) is 0 Å². The van der Waals surface area contributed by atoms with Crippen LogP contribution in [0.2, 0.25) is 0 Å². The molecule has 2 aliphatic rings. The summed E-state index contributed by atoms with van der Waals surface area (Å²) in [6, 6.07) is 0.700. The van der Waals surface area contributed by atoms with Gasteiger partial charge in [0.15, 0.2) is 0 Å². The molecular formula is C22H35N5O2. The van der Waals surface area contributed by atoms with Gasteiger partial charge in [-0.25, -0.2) is 9.48 Å². The van der Waals surface area contributed by atoms with Gasteiger partial charge >= 0.3 is 5.69 Å². The molecule has 1 saturated carbocycles. The zero-order valence-corrected chi connectivity index (χ0v) is 17.9. The summed E-state index contributed by atoms with van der Waals surface area (Å²) in [5.74, 6) is 0. The van der Waals surface area contributed by atoms with E-state index in [1.807, 2.05) is 32.3 Å². The third-order valence-corrected chi connectivity index (χ3v) is 6.09. The van der Waals surface area contributed by atoms with E-state index >= 15 is 0 Å². The summed E-state index contributed by atoms with van der Waals surface area (Å²) in [4.78, 5) is 17.2. The fourth-order valence-electron chi connectivity index (χ4n) is 4.35. The highest BCUT2D eigenvalue weighted by molar-refractivity contribution is 5.31. The second kappa shape index (κ2) is 10.6. The molecule has 0 amide bonds. The standard InChI is InChI=1S/C22H35N5O2/c1-4-12-27-22(28)26(18-23-27)13-6-7-19(5-2)24-14-16-25(17-15-24)20-8-10-21(29-3)11-9-20/h5-7,13,18,20-21H,2,4,8-12,14-17H2,1,3H3/b13-6+,19-7+. The molecule has 0 radical (unpaired) electrons. The van der Waals surface area contributed by atoms with Crippen LogP contribution in [0.1, 0.15) is 39.0 Å². The predicted octanol–water partition coefficient (Wildman–Crippen LogP) is 2.57. The van der Waals surface area contributed by atoms with Crippen molar-refractivity contribution in [2.24, 2.45) is 0 Å². The number of piperazine rings is 1. The Balaban J connectivity index is 1.53. The topological polar surface area (TPSA) is 55.5 Å². The molecule has 0 spiro atoms. The van der Waals surface area contributed by atoms with E-state index in [9.17, 15) is 4.79 Å². The Bertz CT molecular complexity index is 762. The molecule has 29 heavy (non-hydrogen) atoms. The molecule has 1 aromatic heterocycles. The van der Waals surface area contributed by atoms with Gasteiger partial charge in [0, 0.05) is 57.8 Å². The van der Waals surface area contributed by atoms with Crippen LogP contribution >= 0.6 is 0 Å². The van der Waals surface area contributed by atoms with Crippen molar-refractivity contribution in [1.29, 1.82) is 0 Å². The number of allylic oxidation sites excluding steroid dienone is 3. The van der Waals surface area contributed by atoms with E-state index in [0.717, 1.165) is 38.3 Å². The molecule has 1 aliphatic heterocycles. The highest BCUT2D eigenvalue weighted by Crippen LogP contribution is 2.26. The van der Waals surface area contributed by atoms with E-state index in [0.29, 0.717) is 18.7 Å². The Labute approximate surface area is 173 Å². The number of methoxy groups -OCH3 is 1. The molecule has 2 fully saturated rings. The molecule has 7 nitrogen and oxygen atoms in total. The number of ether oxygens (including phenoxy) is 1. The predicted molar refractivity (Wildman–Crippen MR) is 117 cm³/mol. The second-order valence-corrected chi connectivity index (χ2v) is 7.87. The molecule has 2 heterocycles. The van der Waals surface area contributed by atoms with Gasteiger partial charge in [-0.05, 0) is 50.3 Å². The number of rotatable bonds is 8. The molecule has 0 atom stereocenters. The molecule has 0 aromatic carbocycles. The SMILES string of the molecule is C=C/C(=C\C=C\n1cnn(CCC)c1=O)N1CCN(C2CCC(OC)CC2)CC1. The number of aromatic nitrogens is 3. The quantitative estimate of drug-likeness (QED) is 0.627. The number of aryl methyl sites for hydroxylation is 1. The van der Waals surface area contributed by atoms with Gasteiger partial charge in [0.05, 0.1) is 6.10 Å². The first kappa shape index (κ1) is 21.6. The monoisotopic (exact) mass is 401 g/mol. The van der Waals surface area contributed by atoms with Gasteiger partial charge in [-0.1, -0.05) is 13.5 Å². The number of hydrogen-bond donors (Lipinski definition) is 0. The lowest BCUT2D eigenvalue weighted by Crippen LogP contribution is -2.50. The van der Waals surface area contributed by atoms with Crippen molar-refractivity contribution in [2.45, 2.75) is 57.7 Å². The highest BCUT2D eigenvalue weighted by Gasteiger charge is 2.28. The lowest BCUT2D eigenvalue weighted by atomic mass is 9.91. The fraction of sp³-hybridized carbons (Fsp3) is 0.636. The van der Waals surface area contributed by atoms with E-state index in [4.69, 9.17) is 4.74 Å². The second-order valence-electron chi connectivity index (χ2n) is 7.87. The maximum absolute atomic E-state index is 12.2. The van der Waals surface area contributed by atoms with Crippen LogP contribution in [0, 0.1) is 0 Å². The summed E-state index contributed by atoms with van der Waals surface area (Å²) < 4.78 is 8.50. The van der Waals surface area contributed by atoms with Crippen LogP contribution < -0.4 is 5.69 Å². The maximum atomic E-state index is 12.2. The largest absolute Gasteiger partial charge is 0.381 e. The normalized spacial score (nSPS) is 24.3. The van der Waals surface area contributed by atoms with Crippen molar-refractivity contribution in [3.63, 3.8) is 0 Å². The van der Waals surface area contributed by atoms with Crippen LogP contribution in [-0.4, -0.2) is 69.6 Å². The Morgan fingerprint density at radius 2 is 1.97 bits per heavy atom. The molecule has 1 saturated heterocycles. The Morgan fingerprint density at radius 1 is 1.24 bits per heavy atom. The first-order valence-corrected chi connectivity index (χ1v) is 10.8. The van der Waals surface area contributed by atoms with Gasteiger partial charge in [0.2, 0.25) is 0 Å². The Kier molecular flexibility index (Phi) is 7.89. The summed E-state index contributed by atoms with van der Waals surface area (Å²) in [6.45, 7) is 10.8. The number of nitrogens with zero attached hydrogens (tertiary/aromatic N) is 5. The average molecular weight is 402 g/mol. The summed E-state index contributed by atoms with van der Waals surface area (Å²) in [7, 11) is 1.83. The van der Waals surface area contributed by atoms with Crippen LogP contribution in [0.4, 0.5) is 0 Å². The highest BCUT2D eigenvalue weighted by atomic mass is 16.5.